The number of methoxy groups -OCH3 is 1. The molecule has 0 N–H and O–H groups in total. The minimum atomic E-state index is 0.736. The Bertz CT molecular complexity index is 161. The first-order chi connectivity index (χ1) is 4.31. The first-order valence-electron chi connectivity index (χ1n) is 2.49. The minimum absolute atomic E-state index is 0.736. The van der Waals surface area contributed by atoms with E-state index in [9.17, 15) is 0 Å². The van der Waals surface area contributed by atoms with Gasteiger partial charge in [0.05, 0.1) is 0 Å². The van der Waals surface area contributed by atoms with Crippen LogP contribution >= 0.6 is 0 Å². The summed E-state index contributed by atoms with van der Waals surface area (Å²) in [6.07, 6.45) is 2.51. The zero-order valence-electron chi connectivity index (χ0n) is 5.31. The quantitative estimate of drug-likeness (QED) is 0.542. The van der Waals surface area contributed by atoms with Gasteiger partial charge in [-0.25, -0.2) is 0 Å². The normalized spacial score (nSPS) is 7.22. The second-order valence-corrected chi connectivity index (χ2v) is 2.62. The molecule has 0 amide bonds. The molecule has 0 spiro atoms. The standard InChI is InChI=1S/C7H8O.W/c1-3-4-5-6-7-8-2;/h3H,1,4H2,2H3;. The fourth-order valence-corrected chi connectivity index (χ4v) is 0.506. The van der Waals surface area contributed by atoms with Gasteiger partial charge >= 0.3 is 66.2 Å². The van der Waals surface area contributed by atoms with Crippen molar-refractivity contribution in [2.45, 2.75) is 6.42 Å². The number of ether oxygens (including phenoxy) is 1. The Kier molecular flexibility index (Phi) is 5.83. The van der Waals surface area contributed by atoms with E-state index in [0.717, 1.165) is 10.5 Å². The van der Waals surface area contributed by atoms with Crippen molar-refractivity contribution < 1.29 is 24.1 Å². The maximum atomic E-state index is 4.84. The van der Waals surface area contributed by atoms with Crippen molar-refractivity contribution in [3.05, 3.63) is 12.7 Å². The van der Waals surface area contributed by atoms with Crippen molar-refractivity contribution >= 4 is 4.08 Å². The first kappa shape index (κ1) is 8.82. The molecular weight excluding hydrogens is 284 g/mol. The Labute approximate surface area is 66.5 Å². The second kappa shape index (κ2) is 5.95. The molecule has 0 aromatic rings. The van der Waals surface area contributed by atoms with Gasteiger partial charge in [-0.15, -0.1) is 0 Å². The topological polar surface area (TPSA) is 9.23 Å². The van der Waals surface area contributed by atoms with Crippen LogP contribution in [0.4, 0.5) is 0 Å². The van der Waals surface area contributed by atoms with Crippen LogP contribution < -0.4 is 0 Å². The Morgan fingerprint density at radius 1 is 1.89 bits per heavy atom. The van der Waals surface area contributed by atoms with Gasteiger partial charge in [0.25, 0.3) is 0 Å². The molecule has 0 heterocycles. The molecule has 0 rings (SSSR count). The van der Waals surface area contributed by atoms with Crippen molar-refractivity contribution in [2.75, 3.05) is 7.11 Å². The molecule has 0 aliphatic rings. The molecule has 0 aromatic heterocycles. The number of rotatable bonds is 2. The maximum absolute atomic E-state index is 4.84. The molecule has 0 radical (unpaired) electrons. The molecule has 0 saturated heterocycles. The third-order valence-electron chi connectivity index (χ3n) is 0.622. The van der Waals surface area contributed by atoms with Crippen LogP contribution in [0.15, 0.2) is 12.7 Å². The molecule has 9 heavy (non-hydrogen) atoms. The molecule has 0 aliphatic heterocycles. The fraction of sp³-hybridized carbons (Fsp3) is 0.286. The van der Waals surface area contributed by atoms with Crippen molar-refractivity contribution in [2.24, 2.45) is 0 Å². The van der Waals surface area contributed by atoms with Gasteiger partial charge in [0.2, 0.25) is 0 Å². The average Bonchev–Trinajstić information content (AvgIpc) is 1.89. The zero-order chi connectivity index (χ0) is 7.11. The molecule has 0 fully saturated rings. The fourth-order valence-electron chi connectivity index (χ4n) is 0.246. The molecule has 0 unspecified atom stereocenters. The van der Waals surface area contributed by atoms with E-state index >= 15 is 0 Å². The zero-order valence-corrected chi connectivity index (χ0v) is 8.24. The summed E-state index contributed by atoms with van der Waals surface area (Å²) >= 11 is 1.27. The molecule has 0 bridgehead atoms. The predicted octanol–water partition coefficient (Wildman–Crippen LogP) is 0.889. The van der Waals surface area contributed by atoms with Gasteiger partial charge in [0.15, 0.2) is 0 Å². The van der Waals surface area contributed by atoms with E-state index in [1.165, 1.54) is 19.4 Å². The van der Waals surface area contributed by atoms with Crippen LogP contribution in [-0.2, 0) is 24.1 Å². The molecule has 0 atom stereocenters. The Hall–Kier alpha value is -0.182. The first-order valence-corrected chi connectivity index (χ1v) is 3.95. The Morgan fingerprint density at radius 3 is 3.00 bits per heavy atom. The van der Waals surface area contributed by atoms with E-state index in [2.05, 4.69) is 18.4 Å². The summed E-state index contributed by atoms with van der Waals surface area (Å²) in [4.78, 5) is 0. The number of hydrogen-bond donors (Lipinski definition) is 0. The third kappa shape index (κ3) is 5.69. The van der Waals surface area contributed by atoms with Gasteiger partial charge in [0.1, 0.15) is 0 Å². The summed E-state index contributed by atoms with van der Waals surface area (Å²) in [6.45, 7) is 3.54. The van der Waals surface area contributed by atoms with Gasteiger partial charge in [-0.3, -0.25) is 0 Å². The summed E-state index contributed by atoms with van der Waals surface area (Å²) in [5, 5.41) is 0. The van der Waals surface area contributed by atoms with E-state index < -0.39 is 0 Å². The number of allylic oxidation sites excluding steroid dienone is 1. The van der Waals surface area contributed by atoms with Crippen LogP contribution in [0.5, 0.6) is 0 Å². The van der Waals surface area contributed by atoms with Crippen LogP contribution in [0, 0.1) is 11.8 Å². The van der Waals surface area contributed by atoms with Gasteiger partial charge in [-0.2, -0.15) is 0 Å². The van der Waals surface area contributed by atoms with Crippen molar-refractivity contribution in [1.82, 2.24) is 0 Å². The van der Waals surface area contributed by atoms with Crippen LogP contribution in [0.3, 0.4) is 0 Å². The number of hydrogen-bond acceptors (Lipinski definition) is 1. The SMILES string of the molecule is C=CCC#C[C](=[W])OC. The van der Waals surface area contributed by atoms with Crippen LogP contribution in [0.1, 0.15) is 6.42 Å². The molecule has 0 saturated carbocycles. The van der Waals surface area contributed by atoms with Gasteiger partial charge < -0.3 is 0 Å². The summed E-state index contributed by atoms with van der Waals surface area (Å²) in [7, 11) is 1.63. The third-order valence-corrected chi connectivity index (χ3v) is 1.59. The molecule has 48 valence electrons. The van der Waals surface area contributed by atoms with E-state index in [-0.39, 0.29) is 0 Å². The molecule has 0 aliphatic carbocycles. The monoisotopic (exact) mass is 292 g/mol. The van der Waals surface area contributed by atoms with Crippen LogP contribution in [0.25, 0.3) is 0 Å². The van der Waals surface area contributed by atoms with Gasteiger partial charge in [0, 0.05) is 0 Å². The van der Waals surface area contributed by atoms with Crippen LogP contribution in [0.2, 0.25) is 0 Å². The summed E-state index contributed by atoms with van der Waals surface area (Å²) in [6, 6.07) is 0. The Balaban J connectivity index is 3.58. The Morgan fingerprint density at radius 2 is 2.56 bits per heavy atom. The van der Waals surface area contributed by atoms with E-state index in [1.807, 2.05) is 0 Å². The summed E-state index contributed by atoms with van der Waals surface area (Å²) < 4.78 is 5.67. The average molecular weight is 292 g/mol. The van der Waals surface area contributed by atoms with E-state index in [0.29, 0.717) is 0 Å². The summed E-state index contributed by atoms with van der Waals surface area (Å²) in [5.74, 6) is 5.72. The predicted molar refractivity (Wildman–Crippen MR) is 34.6 cm³/mol. The second-order valence-electron chi connectivity index (χ2n) is 1.29. The molecular formula is C7H8OW. The summed E-state index contributed by atoms with van der Waals surface area (Å²) in [5.41, 5.74) is 0. The van der Waals surface area contributed by atoms with Crippen molar-refractivity contribution in [3.63, 3.8) is 0 Å². The van der Waals surface area contributed by atoms with Crippen molar-refractivity contribution in [1.29, 1.82) is 0 Å². The molecule has 1 nitrogen and oxygen atoms in total. The van der Waals surface area contributed by atoms with Gasteiger partial charge in [-0.05, 0) is 0 Å². The van der Waals surface area contributed by atoms with Gasteiger partial charge in [-0.1, -0.05) is 0 Å². The van der Waals surface area contributed by atoms with Crippen LogP contribution in [-0.4, -0.2) is 11.2 Å². The van der Waals surface area contributed by atoms with E-state index in [4.69, 9.17) is 4.74 Å². The van der Waals surface area contributed by atoms with Crippen molar-refractivity contribution in [3.8, 4) is 11.8 Å². The molecule has 2 heteroatoms. The van der Waals surface area contributed by atoms with E-state index in [1.54, 1.807) is 13.2 Å². The molecule has 0 aromatic carbocycles.